The van der Waals surface area contributed by atoms with Crippen molar-refractivity contribution >= 4 is 11.0 Å². The number of hydrogen-bond donors (Lipinski definition) is 0. The minimum absolute atomic E-state index is 0.104. The summed E-state index contributed by atoms with van der Waals surface area (Å²) in [5.41, 5.74) is 1.60. The maximum absolute atomic E-state index is 11.9. The van der Waals surface area contributed by atoms with E-state index in [-0.39, 0.29) is 12.2 Å². The van der Waals surface area contributed by atoms with Crippen LogP contribution in [-0.2, 0) is 13.1 Å². The van der Waals surface area contributed by atoms with E-state index in [1.807, 2.05) is 37.3 Å². The van der Waals surface area contributed by atoms with Crippen LogP contribution in [0.2, 0.25) is 0 Å². The fraction of sp³-hybridized carbons (Fsp3) is 0.273. The van der Waals surface area contributed by atoms with Crippen LogP contribution in [0.1, 0.15) is 6.92 Å². The molecule has 4 nitrogen and oxygen atoms in total. The molecule has 2 aromatic rings. The van der Waals surface area contributed by atoms with Crippen molar-refractivity contribution in [2.45, 2.75) is 20.0 Å². The molecule has 0 aliphatic heterocycles. The maximum atomic E-state index is 11.9. The van der Waals surface area contributed by atoms with Crippen molar-refractivity contribution in [1.29, 1.82) is 5.26 Å². The molecule has 0 amide bonds. The minimum atomic E-state index is -0.111. The third kappa shape index (κ3) is 1.33. The van der Waals surface area contributed by atoms with Crippen molar-refractivity contribution in [2.24, 2.45) is 0 Å². The molecular formula is C11H11N3O. The highest BCUT2D eigenvalue weighted by Crippen LogP contribution is 2.11. The second-order valence-corrected chi connectivity index (χ2v) is 3.26. The smallest absolute Gasteiger partial charge is 0.292 e. The first-order valence-electron chi connectivity index (χ1n) is 4.84. The van der Waals surface area contributed by atoms with Crippen LogP contribution in [0.25, 0.3) is 11.0 Å². The number of benzene rings is 1. The number of nitrogens with zero attached hydrogens (tertiary/aromatic N) is 3. The van der Waals surface area contributed by atoms with Gasteiger partial charge >= 0.3 is 5.69 Å². The first kappa shape index (κ1) is 9.53. The summed E-state index contributed by atoms with van der Waals surface area (Å²) in [6.45, 7) is 2.65. The van der Waals surface area contributed by atoms with E-state index in [0.29, 0.717) is 6.54 Å². The average Bonchev–Trinajstić information content (AvgIpc) is 2.53. The summed E-state index contributed by atoms with van der Waals surface area (Å²) in [6.07, 6.45) is 0. The Bertz CT molecular complexity index is 586. The number of rotatable bonds is 2. The highest BCUT2D eigenvalue weighted by atomic mass is 16.1. The van der Waals surface area contributed by atoms with Crippen molar-refractivity contribution in [1.82, 2.24) is 9.13 Å². The second kappa shape index (κ2) is 3.62. The van der Waals surface area contributed by atoms with Gasteiger partial charge in [0.1, 0.15) is 6.54 Å². The Hall–Kier alpha value is -2.02. The molecule has 1 heterocycles. The molecule has 0 N–H and O–H groups in total. The van der Waals surface area contributed by atoms with E-state index in [1.54, 1.807) is 4.57 Å². The lowest BCUT2D eigenvalue weighted by molar-refractivity contribution is 0.694. The van der Waals surface area contributed by atoms with Gasteiger partial charge in [-0.15, -0.1) is 0 Å². The molecule has 0 aliphatic rings. The quantitative estimate of drug-likeness (QED) is 0.736. The molecule has 0 unspecified atom stereocenters. The topological polar surface area (TPSA) is 50.7 Å². The zero-order valence-electron chi connectivity index (χ0n) is 8.47. The van der Waals surface area contributed by atoms with Gasteiger partial charge in [0.2, 0.25) is 0 Å². The van der Waals surface area contributed by atoms with Gasteiger partial charge in [0.25, 0.3) is 0 Å². The van der Waals surface area contributed by atoms with Crippen LogP contribution < -0.4 is 5.69 Å². The van der Waals surface area contributed by atoms with E-state index in [2.05, 4.69) is 0 Å². The van der Waals surface area contributed by atoms with Gasteiger partial charge in [0.15, 0.2) is 0 Å². The van der Waals surface area contributed by atoms with Crippen LogP contribution in [0.15, 0.2) is 29.1 Å². The van der Waals surface area contributed by atoms with Gasteiger partial charge in [-0.05, 0) is 19.1 Å². The molecule has 0 bridgehead atoms. The monoisotopic (exact) mass is 201 g/mol. The molecule has 0 aliphatic carbocycles. The summed E-state index contributed by atoms with van der Waals surface area (Å²) in [4.78, 5) is 11.9. The Kier molecular flexibility index (Phi) is 2.30. The van der Waals surface area contributed by atoms with E-state index in [0.717, 1.165) is 11.0 Å². The van der Waals surface area contributed by atoms with Crippen LogP contribution in [0.5, 0.6) is 0 Å². The lowest BCUT2D eigenvalue weighted by Crippen LogP contribution is -2.23. The number of para-hydroxylation sites is 2. The van der Waals surface area contributed by atoms with E-state index in [9.17, 15) is 4.79 Å². The predicted octanol–water partition coefficient (Wildman–Crippen LogP) is 1.35. The molecule has 0 saturated heterocycles. The normalized spacial score (nSPS) is 10.4. The molecule has 0 saturated carbocycles. The van der Waals surface area contributed by atoms with Gasteiger partial charge in [-0.3, -0.25) is 9.13 Å². The molecule has 1 aromatic heterocycles. The van der Waals surface area contributed by atoms with Crippen molar-refractivity contribution in [3.05, 3.63) is 34.7 Å². The number of fused-ring (bicyclic) bond motifs is 1. The largest absolute Gasteiger partial charge is 0.330 e. The van der Waals surface area contributed by atoms with Crippen molar-refractivity contribution in [3.8, 4) is 6.07 Å². The summed E-state index contributed by atoms with van der Waals surface area (Å²) in [6, 6.07) is 9.53. The van der Waals surface area contributed by atoms with E-state index < -0.39 is 0 Å². The third-order valence-corrected chi connectivity index (χ3v) is 2.47. The van der Waals surface area contributed by atoms with E-state index >= 15 is 0 Å². The van der Waals surface area contributed by atoms with Gasteiger partial charge in [0.05, 0.1) is 17.1 Å². The van der Waals surface area contributed by atoms with Crippen LogP contribution >= 0.6 is 0 Å². The number of nitriles is 1. The SMILES string of the molecule is CCn1c(=O)n(CC#N)c2ccccc21. The first-order chi connectivity index (χ1) is 7.29. The Labute approximate surface area is 87.0 Å². The van der Waals surface area contributed by atoms with Crippen LogP contribution in [0.3, 0.4) is 0 Å². The Morgan fingerprint density at radius 2 is 1.87 bits per heavy atom. The number of imidazole rings is 1. The van der Waals surface area contributed by atoms with E-state index in [4.69, 9.17) is 5.26 Å². The number of hydrogen-bond acceptors (Lipinski definition) is 2. The highest BCUT2D eigenvalue weighted by Gasteiger charge is 2.10. The lowest BCUT2D eigenvalue weighted by Gasteiger charge is -1.95. The molecule has 0 atom stereocenters. The van der Waals surface area contributed by atoms with Crippen LogP contribution in [0, 0.1) is 11.3 Å². The average molecular weight is 201 g/mol. The lowest BCUT2D eigenvalue weighted by atomic mass is 10.3. The zero-order valence-corrected chi connectivity index (χ0v) is 8.47. The Balaban J connectivity index is 2.86. The number of aryl methyl sites for hydroxylation is 1. The Morgan fingerprint density at radius 1 is 1.27 bits per heavy atom. The minimum Gasteiger partial charge on any atom is -0.292 e. The summed E-state index contributed by atoms with van der Waals surface area (Å²) >= 11 is 0. The molecule has 1 aromatic carbocycles. The Morgan fingerprint density at radius 3 is 2.40 bits per heavy atom. The predicted molar refractivity (Wildman–Crippen MR) is 57.5 cm³/mol. The molecular weight excluding hydrogens is 190 g/mol. The second-order valence-electron chi connectivity index (χ2n) is 3.26. The molecule has 0 spiro atoms. The fourth-order valence-electron chi connectivity index (χ4n) is 1.80. The van der Waals surface area contributed by atoms with Gasteiger partial charge < -0.3 is 0 Å². The van der Waals surface area contributed by atoms with Gasteiger partial charge in [-0.2, -0.15) is 5.26 Å². The van der Waals surface area contributed by atoms with Crippen molar-refractivity contribution < 1.29 is 0 Å². The van der Waals surface area contributed by atoms with Crippen molar-refractivity contribution in [3.63, 3.8) is 0 Å². The number of aromatic nitrogens is 2. The summed E-state index contributed by atoms with van der Waals surface area (Å²) in [7, 11) is 0. The first-order valence-corrected chi connectivity index (χ1v) is 4.84. The standard InChI is InChI=1S/C11H11N3O/c1-2-13-9-5-3-4-6-10(9)14(8-7-12)11(13)15/h3-6H,2,8H2,1H3. The molecule has 2 rings (SSSR count). The van der Waals surface area contributed by atoms with Gasteiger partial charge in [-0.1, -0.05) is 12.1 Å². The molecule has 0 fully saturated rings. The molecule has 76 valence electrons. The molecule has 15 heavy (non-hydrogen) atoms. The molecule has 0 radical (unpaired) electrons. The van der Waals surface area contributed by atoms with Gasteiger partial charge in [-0.25, -0.2) is 4.79 Å². The van der Waals surface area contributed by atoms with Crippen molar-refractivity contribution in [2.75, 3.05) is 0 Å². The maximum Gasteiger partial charge on any atom is 0.330 e. The summed E-state index contributed by atoms with van der Waals surface area (Å²) in [5, 5.41) is 8.67. The van der Waals surface area contributed by atoms with Gasteiger partial charge in [0, 0.05) is 6.54 Å². The van der Waals surface area contributed by atoms with Crippen LogP contribution in [0.4, 0.5) is 0 Å². The molecule has 4 heteroatoms. The van der Waals surface area contributed by atoms with Crippen LogP contribution in [-0.4, -0.2) is 9.13 Å². The third-order valence-electron chi connectivity index (χ3n) is 2.47. The summed E-state index contributed by atoms with van der Waals surface area (Å²) in [5.74, 6) is 0. The highest BCUT2D eigenvalue weighted by molar-refractivity contribution is 5.76. The zero-order chi connectivity index (χ0) is 10.8. The fourth-order valence-corrected chi connectivity index (χ4v) is 1.80. The summed E-state index contributed by atoms with van der Waals surface area (Å²) < 4.78 is 3.17. The van der Waals surface area contributed by atoms with E-state index in [1.165, 1.54) is 4.57 Å².